The minimum atomic E-state index is -0.297. The number of halogens is 2. The summed E-state index contributed by atoms with van der Waals surface area (Å²) in [6, 6.07) is 11.4. The molecule has 0 fully saturated rings. The molecule has 28 heavy (non-hydrogen) atoms. The Morgan fingerprint density at radius 3 is 2.82 bits per heavy atom. The van der Waals surface area contributed by atoms with Gasteiger partial charge in [-0.25, -0.2) is 4.39 Å². The van der Waals surface area contributed by atoms with Crippen LogP contribution in [0.15, 0.2) is 42.5 Å². The third kappa shape index (κ3) is 3.47. The second-order valence-corrected chi connectivity index (χ2v) is 7.11. The molecule has 2 aromatic carbocycles. The molecule has 5 nitrogen and oxygen atoms in total. The summed E-state index contributed by atoms with van der Waals surface area (Å²) in [6.45, 7) is 1.10. The number of benzene rings is 2. The maximum absolute atomic E-state index is 13.6. The second kappa shape index (κ2) is 7.64. The number of aromatic nitrogens is 2. The van der Waals surface area contributed by atoms with Crippen LogP contribution >= 0.6 is 11.6 Å². The van der Waals surface area contributed by atoms with Crippen molar-refractivity contribution >= 4 is 17.5 Å². The van der Waals surface area contributed by atoms with Gasteiger partial charge in [0, 0.05) is 41.4 Å². The molecule has 0 radical (unpaired) electrons. The van der Waals surface area contributed by atoms with E-state index >= 15 is 0 Å². The van der Waals surface area contributed by atoms with Crippen molar-refractivity contribution in [1.29, 1.82) is 0 Å². The standard InChI is InChI=1S/C21H19ClFN3O2/c1-28-19-12-14(22)5-6-17(19)21(27)26-9-7-16-18(8-10-26)24-25-20(16)13-3-2-4-15(23)11-13/h2-6,11-12H,7-10H2,1H3,(H,24,25). The van der Waals surface area contributed by atoms with Gasteiger partial charge in [-0.05, 0) is 36.8 Å². The summed E-state index contributed by atoms with van der Waals surface area (Å²) in [5, 5.41) is 7.97. The van der Waals surface area contributed by atoms with Crippen molar-refractivity contribution in [2.24, 2.45) is 0 Å². The maximum atomic E-state index is 13.6. The van der Waals surface area contributed by atoms with Gasteiger partial charge in [0.15, 0.2) is 0 Å². The van der Waals surface area contributed by atoms with Gasteiger partial charge in [0.2, 0.25) is 0 Å². The molecule has 0 aliphatic carbocycles. The monoisotopic (exact) mass is 399 g/mol. The van der Waals surface area contributed by atoms with Crippen LogP contribution in [0.1, 0.15) is 21.6 Å². The molecule has 4 rings (SSSR count). The topological polar surface area (TPSA) is 58.2 Å². The van der Waals surface area contributed by atoms with E-state index in [1.54, 1.807) is 29.2 Å². The van der Waals surface area contributed by atoms with Crippen molar-refractivity contribution in [3.63, 3.8) is 0 Å². The molecular weight excluding hydrogens is 381 g/mol. The van der Waals surface area contributed by atoms with E-state index in [1.807, 2.05) is 6.07 Å². The number of nitrogens with zero attached hydrogens (tertiary/aromatic N) is 2. The Hall–Kier alpha value is -2.86. The molecule has 1 aromatic heterocycles. The van der Waals surface area contributed by atoms with Crippen LogP contribution in [0.3, 0.4) is 0 Å². The van der Waals surface area contributed by atoms with Crippen molar-refractivity contribution in [2.45, 2.75) is 12.8 Å². The van der Waals surface area contributed by atoms with Gasteiger partial charge >= 0.3 is 0 Å². The van der Waals surface area contributed by atoms with Crippen molar-refractivity contribution in [3.05, 3.63) is 70.1 Å². The summed E-state index contributed by atoms with van der Waals surface area (Å²) in [5.74, 6) is 0.0656. The maximum Gasteiger partial charge on any atom is 0.257 e. The zero-order valence-electron chi connectivity index (χ0n) is 15.3. The minimum absolute atomic E-state index is 0.0982. The van der Waals surface area contributed by atoms with Gasteiger partial charge in [-0.15, -0.1) is 0 Å². The number of aromatic amines is 1. The number of hydrogen-bond donors (Lipinski definition) is 1. The van der Waals surface area contributed by atoms with Gasteiger partial charge in [0.25, 0.3) is 5.91 Å². The van der Waals surface area contributed by atoms with Gasteiger partial charge in [-0.2, -0.15) is 5.10 Å². The second-order valence-electron chi connectivity index (χ2n) is 6.68. The van der Waals surface area contributed by atoms with Gasteiger partial charge in [0.1, 0.15) is 11.6 Å². The van der Waals surface area contributed by atoms with Crippen LogP contribution in [0.25, 0.3) is 11.3 Å². The quantitative estimate of drug-likeness (QED) is 0.720. The lowest BCUT2D eigenvalue weighted by molar-refractivity contribution is 0.0759. The molecule has 0 saturated heterocycles. The number of H-pyrrole nitrogens is 1. The van der Waals surface area contributed by atoms with Crippen molar-refractivity contribution in [1.82, 2.24) is 15.1 Å². The summed E-state index contributed by atoms with van der Waals surface area (Å²) in [5.41, 5.74) is 3.98. The molecule has 0 spiro atoms. The molecule has 1 amide bonds. The number of rotatable bonds is 3. The zero-order valence-corrected chi connectivity index (χ0v) is 16.1. The number of hydrogen-bond acceptors (Lipinski definition) is 3. The fraction of sp³-hybridized carbons (Fsp3) is 0.238. The fourth-order valence-corrected chi connectivity index (χ4v) is 3.73. The van der Waals surface area contributed by atoms with E-state index in [0.29, 0.717) is 42.3 Å². The predicted molar refractivity (Wildman–Crippen MR) is 105 cm³/mol. The lowest BCUT2D eigenvalue weighted by Gasteiger charge is -2.21. The van der Waals surface area contributed by atoms with E-state index in [1.165, 1.54) is 19.2 Å². The summed E-state index contributed by atoms with van der Waals surface area (Å²) in [6.07, 6.45) is 1.29. The number of amides is 1. The highest BCUT2D eigenvalue weighted by Crippen LogP contribution is 2.29. The number of fused-ring (bicyclic) bond motifs is 1. The Balaban J connectivity index is 1.58. The molecule has 0 unspecified atom stereocenters. The van der Waals surface area contributed by atoms with Crippen LogP contribution in [0.5, 0.6) is 5.75 Å². The molecule has 1 N–H and O–H groups in total. The van der Waals surface area contributed by atoms with E-state index < -0.39 is 0 Å². The molecule has 144 valence electrons. The molecule has 1 aliphatic rings. The average Bonchev–Trinajstić information content (AvgIpc) is 2.98. The number of carbonyl (C=O) groups excluding carboxylic acids is 1. The van der Waals surface area contributed by atoms with Crippen LogP contribution in [0.4, 0.5) is 4.39 Å². The highest BCUT2D eigenvalue weighted by Gasteiger charge is 2.25. The largest absolute Gasteiger partial charge is 0.496 e. The SMILES string of the molecule is COc1cc(Cl)ccc1C(=O)N1CCc2[nH]nc(-c3cccc(F)c3)c2CC1. The van der Waals surface area contributed by atoms with Crippen LogP contribution < -0.4 is 4.74 Å². The first-order chi connectivity index (χ1) is 13.6. The number of methoxy groups -OCH3 is 1. The third-order valence-electron chi connectivity index (χ3n) is 5.00. The first-order valence-corrected chi connectivity index (χ1v) is 9.39. The molecular formula is C21H19ClFN3O2. The molecule has 0 saturated carbocycles. The van der Waals surface area contributed by atoms with Crippen LogP contribution in [-0.4, -0.2) is 41.2 Å². The number of nitrogens with one attached hydrogen (secondary N) is 1. The van der Waals surface area contributed by atoms with Gasteiger partial charge in [-0.3, -0.25) is 9.89 Å². The highest BCUT2D eigenvalue weighted by molar-refractivity contribution is 6.30. The molecule has 2 heterocycles. The molecule has 0 bridgehead atoms. The summed E-state index contributed by atoms with van der Waals surface area (Å²) < 4.78 is 18.9. The van der Waals surface area contributed by atoms with Gasteiger partial charge in [-0.1, -0.05) is 23.7 Å². The van der Waals surface area contributed by atoms with Crippen LogP contribution in [0, 0.1) is 5.82 Å². The summed E-state index contributed by atoms with van der Waals surface area (Å²) in [4.78, 5) is 14.8. The third-order valence-corrected chi connectivity index (χ3v) is 5.23. The Morgan fingerprint density at radius 1 is 1.21 bits per heavy atom. The Labute approximate surface area is 167 Å². The normalized spacial score (nSPS) is 13.8. The van der Waals surface area contributed by atoms with E-state index in [0.717, 1.165) is 22.5 Å². The lowest BCUT2D eigenvalue weighted by atomic mass is 10.0. The first-order valence-electron chi connectivity index (χ1n) is 9.01. The van der Waals surface area contributed by atoms with Crippen LogP contribution in [0.2, 0.25) is 5.02 Å². The predicted octanol–water partition coefficient (Wildman–Crippen LogP) is 4.12. The van der Waals surface area contributed by atoms with E-state index in [-0.39, 0.29) is 11.7 Å². The molecule has 3 aromatic rings. The molecule has 7 heteroatoms. The fourth-order valence-electron chi connectivity index (χ4n) is 3.57. The van der Waals surface area contributed by atoms with E-state index in [9.17, 15) is 9.18 Å². The van der Waals surface area contributed by atoms with Crippen molar-refractivity contribution in [2.75, 3.05) is 20.2 Å². The lowest BCUT2D eigenvalue weighted by Crippen LogP contribution is -2.33. The van der Waals surface area contributed by atoms with Gasteiger partial charge < -0.3 is 9.64 Å². The number of ether oxygens (including phenoxy) is 1. The Morgan fingerprint density at radius 2 is 2.04 bits per heavy atom. The number of carbonyl (C=O) groups is 1. The Kier molecular flexibility index (Phi) is 5.05. The average molecular weight is 400 g/mol. The minimum Gasteiger partial charge on any atom is -0.496 e. The smallest absolute Gasteiger partial charge is 0.257 e. The summed E-state index contributed by atoms with van der Waals surface area (Å²) >= 11 is 6.00. The van der Waals surface area contributed by atoms with Crippen molar-refractivity contribution < 1.29 is 13.9 Å². The highest BCUT2D eigenvalue weighted by atomic mass is 35.5. The van der Waals surface area contributed by atoms with Crippen molar-refractivity contribution in [3.8, 4) is 17.0 Å². The van der Waals surface area contributed by atoms with E-state index in [2.05, 4.69) is 10.2 Å². The van der Waals surface area contributed by atoms with Gasteiger partial charge in [0.05, 0.1) is 18.4 Å². The first kappa shape index (κ1) is 18.5. The molecule has 0 atom stereocenters. The Bertz CT molecular complexity index is 1030. The zero-order chi connectivity index (χ0) is 19.7. The molecule has 1 aliphatic heterocycles. The van der Waals surface area contributed by atoms with E-state index in [4.69, 9.17) is 16.3 Å². The summed E-state index contributed by atoms with van der Waals surface area (Å²) in [7, 11) is 1.52. The van der Waals surface area contributed by atoms with Crippen LogP contribution in [-0.2, 0) is 12.8 Å².